The molecule has 1 aromatic carbocycles. The zero-order valence-electron chi connectivity index (χ0n) is 9.69. The van der Waals surface area contributed by atoms with E-state index in [4.69, 9.17) is 10.9 Å². The molecule has 0 bridgehead atoms. The maximum absolute atomic E-state index is 13.0. The third-order valence-electron chi connectivity index (χ3n) is 2.56. The molecule has 0 aromatic heterocycles. The largest absolute Gasteiger partial charge is 0.409 e. The molecule has 0 aliphatic heterocycles. The molecule has 4 nitrogen and oxygen atoms in total. The van der Waals surface area contributed by atoms with E-state index in [-0.39, 0.29) is 11.9 Å². The Morgan fingerprint density at radius 1 is 1.41 bits per heavy atom. The highest BCUT2D eigenvalue weighted by atomic mass is 19.1. The van der Waals surface area contributed by atoms with Gasteiger partial charge in [-0.2, -0.15) is 0 Å². The average molecular weight is 243 g/mol. The number of rotatable bonds is 4. The van der Waals surface area contributed by atoms with E-state index in [2.05, 4.69) is 5.16 Å². The molecular formula is C11H15F2N3O. The lowest BCUT2D eigenvalue weighted by atomic mass is 10.1. The first kappa shape index (κ1) is 13.4. The van der Waals surface area contributed by atoms with Crippen molar-refractivity contribution in [3.05, 3.63) is 35.4 Å². The second-order valence-electron chi connectivity index (χ2n) is 3.89. The van der Waals surface area contributed by atoms with Crippen molar-refractivity contribution in [2.75, 3.05) is 7.05 Å². The Labute approximate surface area is 98.3 Å². The van der Waals surface area contributed by atoms with Crippen LogP contribution in [0.2, 0.25) is 0 Å². The fourth-order valence-corrected chi connectivity index (χ4v) is 1.44. The third kappa shape index (κ3) is 3.67. The molecule has 0 spiro atoms. The Morgan fingerprint density at radius 3 is 2.41 bits per heavy atom. The van der Waals surface area contributed by atoms with Crippen LogP contribution in [0, 0.1) is 11.6 Å². The van der Waals surface area contributed by atoms with Gasteiger partial charge in [-0.3, -0.25) is 4.90 Å². The maximum Gasteiger partial charge on any atom is 0.156 e. The summed E-state index contributed by atoms with van der Waals surface area (Å²) in [5.74, 6) is -1.20. The second-order valence-corrected chi connectivity index (χ2v) is 3.89. The number of nitrogens with two attached hydrogens (primary N) is 1. The SMILES string of the molecule is CC(/C(N)=N/O)N(C)Cc1cc(F)cc(F)c1. The molecule has 1 unspecified atom stereocenters. The fourth-order valence-electron chi connectivity index (χ4n) is 1.44. The molecule has 0 aliphatic carbocycles. The summed E-state index contributed by atoms with van der Waals surface area (Å²) in [4.78, 5) is 1.71. The van der Waals surface area contributed by atoms with Crippen molar-refractivity contribution >= 4 is 5.84 Å². The Bertz CT molecular complexity index is 403. The van der Waals surface area contributed by atoms with Gasteiger partial charge in [0.2, 0.25) is 0 Å². The van der Waals surface area contributed by atoms with Crippen LogP contribution in [0.3, 0.4) is 0 Å². The Morgan fingerprint density at radius 2 is 1.94 bits per heavy atom. The fraction of sp³-hybridized carbons (Fsp3) is 0.364. The summed E-state index contributed by atoms with van der Waals surface area (Å²) in [5.41, 5.74) is 5.93. The maximum atomic E-state index is 13.0. The molecule has 6 heteroatoms. The van der Waals surface area contributed by atoms with E-state index in [0.717, 1.165) is 6.07 Å². The highest BCUT2D eigenvalue weighted by Crippen LogP contribution is 2.11. The van der Waals surface area contributed by atoms with Crippen LogP contribution in [0.4, 0.5) is 8.78 Å². The second kappa shape index (κ2) is 5.58. The molecule has 94 valence electrons. The van der Waals surface area contributed by atoms with Crippen molar-refractivity contribution in [2.45, 2.75) is 19.5 Å². The number of halogens is 2. The van der Waals surface area contributed by atoms with Gasteiger partial charge < -0.3 is 10.9 Å². The molecule has 0 fully saturated rings. The van der Waals surface area contributed by atoms with E-state index in [1.54, 1.807) is 18.9 Å². The minimum Gasteiger partial charge on any atom is -0.409 e. The van der Waals surface area contributed by atoms with Crippen molar-refractivity contribution < 1.29 is 14.0 Å². The van der Waals surface area contributed by atoms with Crippen molar-refractivity contribution in [2.24, 2.45) is 10.9 Å². The van der Waals surface area contributed by atoms with E-state index < -0.39 is 11.6 Å². The molecule has 0 saturated carbocycles. The quantitative estimate of drug-likeness (QED) is 0.365. The minimum atomic E-state index is -0.621. The average Bonchev–Trinajstić information content (AvgIpc) is 2.25. The van der Waals surface area contributed by atoms with Crippen LogP contribution in [-0.4, -0.2) is 29.0 Å². The summed E-state index contributed by atoms with van der Waals surface area (Å²) in [6, 6.07) is 2.99. The molecular weight excluding hydrogens is 228 g/mol. The van der Waals surface area contributed by atoms with Gasteiger partial charge >= 0.3 is 0 Å². The number of nitrogens with zero attached hydrogens (tertiary/aromatic N) is 2. The van der Waals surface area contributed by atoms with Crippen molar-refractivity contribution in [1.29, 1.82) is 0 Å². The normalized spacial score (nSPS) is 14.1. The Kier molecular flexibility index (Phi) is 4.39. The van der Waals surface area contributed by atoms with E-state index >= 15 is 0 Å². The zero-order chi connectivity index (χ0) is 13.0. The highest BCUT2D eigenvalue weighted by Gasteiger charge is 2.14. The molecule has 0 aliphatic rings. The molecule has 1 atom stereocenters. The van der Waals surface area contributed by atoms with Crippen LogP contribution in [0.1, 0.15) is 12.5 Å². The summed E-state index contributed by atoms with van der Waals surface area (Å²) in [6.07, 6.45) is 0. The molecule has 3 N–H and O–H groups in total. The van der Waals surface area contributed by atoms with Crippen LogP contribution in [-0.2, 0) is 6.54 Å². The number of amidine groups is 1. The zero-order valence-corrected chi connectivity index (χ0v) is 9.69. The van der Waals surface area contributed by atoms with Crippen LogP contribution in [0.5, 0.6) is 0 Å². The van der Waals surface area contributed by atoms with Gasteiger partial charge in [-0.15, -0.1) is 0 Å². The molecule has 0 radical (unpaired) electrons. The molecule has 17 heavy (non-hydrogen) atoms. The first-order chi connectivity index (χ1) is 7.93. The molecule has 1 aromatic rings. The monoisotopic (exact) mass is 243 g/mol. The van der Waals surface area contributed by atoms with Crippen molar-refractivity contribution in [3.63, 3.8) is 0 Å². The molecule has 0 amide bonds. The number of hydrogen-bond acceptors (Lipinski definition) is 3. The van der Waals surface area contributed by atoms with Gasteiger partial charge in [0.25, 0.3) is 0 Å². The number of hydrogen-bond donors (Lipinski definition) is 2. The van der Waals surface area contributed by atoms with E-state index in [1.807, 2.05) is 0 Å². The van der Waals surface area contributed by atoms with Gasteiger partial charge in [0.05, 0.1) is 6.04 Å². The summed E-state index contributed by atoms with van der Waals surface area (Å²) in [7, 11) is 1.71. The van der Waals surface area contributed by atoms with Crippen LogP contribution < -0.4 is 5.73 Å². The van der Waals surface area contributed by atoms with Gasteiger partial charge in [0.1, 0.15) is 11.6 Å². The summed E-state index contributed by atoms with van der Waals surface area (Å²) < 4.78 is 25.9. The van der Waals surface area contributed by atoms with Crippen LogP contribution in [0.25, 0.3) is 0 Å². The number of benzene rings is 1. The van der Waals surface area contributed by atoms with E-state index in [0.29, 0.717) is 12.1 Å². The first-order valence-corrected chi connectivity index (χ1v) is 5.06. The lowest BCUT2D eigenvalue weighted by Gasteiger charge is -2.23. The highest BCUT2D eigenvalue weighted by molar-refractivity contribution is 5.84. The number of oxime groups is 1. The Balaban J connectivity index is 2.77. The topological polar surface area (TPSA) is 61.9 Å². The van der Waals surface area contributed by atoms with Crippen molar-refractivity contribution in [3.8, 4) is 0 Å². The Hall–Kier alpha value is -1.69. The molecule has 0 saturated heterocycles. The smallest absolute Gasteiger partial charge is 0.156 e. The van der Waals surface area contributed by atoms with E-state index in [1.165, 1.54) is 12.1 Å². The summed E-state index contributed by atoms with van der Waals surface area (Å²) >= 11 is 0. The lowest BCUT2D eigenvalue weighted by molar-refractivity contribution is 0.278. The van der Waals surface area contributed by atoms with Gasteiger partial charge in [-0.25, -0.2) is 8.78 Å². The minimum absolute atomic E-state index is 0.0457. The summed E-state index contributed by atoms with van der Waals surface area (Å²) in [5, 5.41) is 11.4. The van der Waals surface area contributed by atoms with Gasteiger partial charge in [-0.05, 0) is 31.7 Å². The standard InChI is InChI=1S/C11H15F2N3O/c1-7(11(14)15-17)16(2)6-8-3-9(12)5-10(13)4-8/h3-5,7,17H,6H2,1-2H3,(H2,14,15). The van der Waals surface area contributed by atoms with Gasteiger partial charge in [0, 0.05) is 12.6 Å². The third-order valence-corrected chi connectivity index (χ3v) is 2.56. The first-order valence-electron chi connectivity index (χ1n) is 5.06. The molecule has 1 rings (SSSR count). The number of likely N-dealkylation sites (N-methyl/N-ethyl adjacent to an activating group) is 1. The van der Waals surface area contributed by atoms with Crippen molar-refractivity contribution in [1.82, 2.24) is 4.90 Å². The lowest BCUT2D eigenvalue weighted by Crippen LogP contribution is -2.40. The molecule has 0 heterocycles. The van der Waals surface area contributed by atoms with Gasteiger partial charge in [-0.1, -0.05) is 5.16 Å². The van der Waals surface area contributed by atoms with Gasteiger partial charge in [0.15, 0.2) is 5.84 Å². The predicted octanol–water partition coefficient (Wildman–Crippen LogP) is 1.53. The van der Waals surface area contributed by atoms with Crippen LogP contribution in [0.15, 0.2) is 23.4 Å². The summed E-state index contributed by atoms with van der Waals surface area (Å²) in [6.45, 7) is 2.02. The predicted molar refractivity (Wildman–Crippen MR) is 60.7 cm³/mol. The van der Waals surface area contributed by atoms with E-state index in [9.17, 15) is 8.78 Å². The van der Waals surface area contributed by atoms with Crippen LogP contribution >= 0.6 is 0 Å².